The fourth-order valence-corrected chi connectivity index (χ4v) is 3.30. The van der Waals surface area contributed by atoms with Crippen molar-refractivity contribution in [3.63, 3.8) is 0 Å². The van der Waals surface area contributed by atoms with Crippen molar-refractivity contribution >= 4 is 5.91 Å². The summed E-state index contributed by atoms with van der Waals surface area (Å²) in [7, 11) is 0. The number of hydrogen-bond donors (Lipinski definition) is 0. The average Bonchev–Trinajstić information content (AvgIpc) is 3.01. The molecular weight excluding hydrogens is 308 g/mol. The molecule has 6 nitrogen and oxygen atoms in total. The second kappa shape index (κ2) is 7.07. The van der Waals surface area contributed by atoms with Gasteiger partial charge in [0.1, 0.15) is 11.2 Å². The van der Waals surface area contributed by atoms with Gasteiger partial charge in [-0.3, -0.25) is 4.79 Å². The highest BCUT2D eigenvalue weighted by Crippen LogP contribution is 2.32. The molecule has 1 aromatic heterocycles. The van der Waals surface area contributed by atoms with Gasteiger partial charge in [0.15, 0.2) is 0 Å². The lowest BCUT2D eigenvalue weighted by molar-refractivity contribution is -0.145. The minimum Gasteiger partial charge on any atom is -0.474 e. The topological polar surface area (TPSA) is 60.9 Å². The lowest BCUT2D eigenvalue weighted by Gasteiger charge is -2.43. The Hall–Kier alpha value is -1.66. The summed E-state index contributed by atoms with van der Waals surface area (Å²) in [6.07, 6.45) is 3.35. The Bertz CT molecular complexity index is 584. The summed E-state index contributed by atoms with van der Waals surface area (Å²) in [6.45, 7) is 8.32. The van der Waals surface area contributed by atoms with Crippen molar-refractivity contribution < 1.29 is 19.0 Å². The van der Waals surface area contributed by atoms with Crippen LogP contribution in [0.15, 0.2) is 18.3 Å². The van der Waals surface area contributed by atoms with Gasteiger partial charge in [-0.1, -0.05) is 6.92 Å². The predicted molar refractivity (Wildman–Crippen MR) is 89.2 cm³/mol. The maximum atomic E-state index is 13.1. The normalized spacial score (nSPS) is 27.0. The van der Waals surface area contributed by atoms with Crippen molar-refractivity contribution in [2.24, 2.45) is 0 Å². The standard InChI is InChI=1S/C18H26N2O4/c1-4-14-10-20(11-18(24-14)7-9-22-12-18)17(21)15-6-5-8-19-16(15)23-13(2)3/h5-6,8,13-14H,4,7,9-12H2,1-3H3/t14-,18+/m0/s1. The number of rotatable bonds is 4. The first-order chi connectivity index (χ1) is 11.5. The zero-order chi connectivity index (χ0) is 17.2. The van der Waals surface area contributed by atoms with Crippen molar-refractivity contribution in [2.45, 2.75) is 51.4 Å². The first kappa shape index (κ1) is 17.2. The van der Waals surface area contributed by atoms with E-state index in [4.69, 9.17) is 14.2 Å². The van der Waals surface area contributed by atoms with Gasteiger partial charge in [0, 0.05) is 25.8 Å². The molecule has 2 aliphatic heterocycles. The molecule has 1 aromatic rings. The number of carbonyl (C=O) groups excluding carboxylic acids is 1. The predicted octanol–water partition coefficient (Wildman–Crippen LogP) is 2.28. The lowest BCUT2D eigenvalue weighted by atomic mass is 9.98. The van der Waals surface area contributed by atoms with E-state index in [9.17, 15) is 4.79 Å². The van der Waals surface area contributed by atoms with Crippen LogP contribution in [0, 0.1) is 0 Å². The summed E-state index contributed by atoms with van der Waals surface area (Å²) in [4.78, 5) is 19.2. The Balaban J connectivity index is 1.83. The molecule has 0 unspecified atom stereocenters. The highest BCUT2D eigenvalue weighted by molar-refractivity contribution is 5.96. The first-order valence-electron chi connectivity index (χ1n) is 8.69. The van der Waals surface area contributed by atoms with Gasteiger partial charge in [-0.15, -0.1) is 0 Å². The number of hydrogen-bond acceptors (Lipinski definition) is 5. The van der Waals surface area contributed by atoms with Crippen molar-refractivity contribution in [1.82, 2.24) is 9.88 Å². The third-order valence-corrected chi connectivity index (χ3v) is 4.48. The molecule has 0 radical (unpaired) electrons. The molecule has 2 fully saturated rings. The van der Waals surface area contributed by atoms with E-state index in [-0.39, 0.29) is 23.7 Å². The van der Waals surface area contributed by atoms with Crippen molar-refractivity contribution in [3.05, 3.63) is 23.9 Å². The number of morpholine rings is 1. The second-order valence-electron chi connectivity index (χ2n) is 6.84. The molecule has 1 amide bonds. The quantitative estimate of drug-likeness (QED) is 0.845. The molecule has 0 N–H and O–H groups in total. The van der Waals surface area contributed by atoms with E-state index >= 15 is 0 Å². The molecule has 1 spiro atoms. The first-order valence-corrected chi connectivity index (χ1v) is 8.69. The third kappa shape index (κ3) is 3.54. The number of carbonyl (C=O) groups is 1. The summed E-state index contributed by atoms with van der Waals surface area (Å²) >= 11 is 0. The summed E-state index contributed by atoms with van der Waals surface area (Å²) in [5, 5.41) is 0. The van der Waals surface area contributed by atoms with Crippen LogP contribution >= 0.6 is 0 Å². The second-order valence-corrected chi connectivity index (χ2v) is 6.84. The fourth-order valence-electron chi connectivity index (χ4n) is 3.30. The minimum atomic E-state index is -0.365. The molecule has 0 saturated carbocycles. The molecule has 132 valence electrons. The molecular formula is C18H26N2O4. The Kier molecular flexibility index (Phi) is 5.06. The van der Waals surface area contributed by atoms with Crippen LogP contribution in [-0.4, -0.2) is 59.9 Å². The van der Waals surface area contributed by atoms with Gasteiger partial charge in [0.2, 0.25) is 5.88 Å². The van der Waals surface area contributed by atoms with Crippen molar-refractivity contribution in [1.29, 1.82) is 0 Å². The van der Waals surface area contributed by atoms with E-state index in [1.807, 2.05) is 18.7 Å². The summed E-state index contributed by atoms with van der Waals surface area (Å²) in [6, 6.07) is 3.55. The fraction of sp³-hybridized carbons (Fsp3) is 0.667. The van der Waals surface area contributed by atoms with Crippen LogP contribution in [0.25, 0.3) is 0 Å². The van der Waals surface area contributed by atoms with Gasteiger partial charge in [-0.25, -0.2) is 4.98 Å². The van der Waals surface area contributed by atoms with Crippen molar-refractivity contribution in [3.8, 4) is 5.88 Å². The highest BCUT2D eigenvalue weighted by atomic mass is 16.6. The van der Waals surface area contributed by atoms with E-state index in [0.29, 0.717) is 37.7 Å². The number of nitrogens with zero attached hydrogens (tertiary/aromatic N) is 2. The van der Waals surface area contributed by atoms with Crippen LogP contribution in [0.1, 0.15) is 44.0 Å². The molecule has 0 aromatic carbocycles. The largest absolute Gasteiger partial charge is 0.474 e. The smallest absolute Gasteiger partial charge is 0.259 e. The summed E-state index contributed by atoms with van der Waals surface area (Å²) in [5.74, 6) is 0.348. The lowest BCUT2D eigenvalue weighted by Crippen LogP contribution is -2.57. The molecule has 2 saturated heterocycles. The Morgan fingerprint density at radius 2 is 2.38 bits per heavy atom. The van der Waals surface area contributed by atoms with Crippen LogP contribution in [-0.2, 0) is 9.47 Å². The number of pyridine rings is 1. The minimum absolute atomic E-state index is 0.0332. The van der Waals surface area contributed by atoms with Crippen molar-refractivity contribution in [2.75, 3.05) is 26.3 Å². The SMILES string of the molecule is CC[C@H]1CN(C(=O)c2cccnc2OC(C)C)C[C@@]2(CCOC2)O1. The van der Waals surface area contributed by atoms with E-state index < -0.39 is 0 Å². The zero-order valence-corrected chi connectivity index (χ0v) is 14.7. The number of aromatic nitrogens is 1. The number of amides is 1. The van der Waals surface area contributed by atoms with Crippen LogP contribution in [0.3, 0.4) is 0 Å². The Morgan fingerprint density at radius 3 is 3.04 bits per heavy atom. The monoisotopic (exact) mass is 334 g/mol. The van der Waals surface area contributed by atoms with Gasteiger partial charge in [0.25, 0.3) is 5.91 Å². The molecule has 0 bridgehead atoms. The van der Waals surface area contributed by atoms with Crippen LogP contribution in [0.2, 0.25) is 0 Å². The molecule has 6 heteroatoms. The van der Waals surface area contributed by atoms with E-state index in [1.165, 1.54) is 0 Å². The van der Waals surface area contributed by atoms with Gasteiger partial charge in [0.05, 0.1) is 25.4 Å². The summed E-state index contributed by atoms with van der Waals surface area (Å²) < 4.78 is 17.5. The maximum absolute atomic E-state index is 13.1. The molecule has 24 heavy (non-hydrogen) atoms. The molecule has 3 heterocycles. The summed E-state index contributed by atoms with van der Waals surface area (Å²) in [5.41, 5.74) is 0.146. The van der Waals surface area contributed by atoms with E-state index in [2.05, 4.69) is 11.9 Å². The molecule has 0 aliphatic carbocycles. The Morgan fingerprint density at radius 1 is 1.54 bits per heavy atom. The van der Waals surface area contributed by atoms with Crippen LogP contribution in [0.4, 0.5) is 0 Å². The molecule has 2 aliphatic rings. The third-order valence-electron chi connectivity index (χ3n) is 4.48. The van der Waals surface area contributed by atoms with Gasteiger partial charge < -0.3 is 19.1 Å². The molecule has 3 rings (SSSR count). The maximum Gasteiger partial charge on any atom is 0.259 e. The number of ether oxygens (including phenoxy) is 3. The van der Waals surface area contributed by atoms with E-state index in [0.717, 1.165) is 12.8 Å². The van der Waals surface area contributed by atoms with Gasteiger partial charge >= 0.3 is 0 Å². The van der Waals surface area contributed by atoms with Gasteiger partial charge in [-0.2, -0.15) is 0 Å². The zero-order valence-electron chi connectivity index (χ0n) is 14.7. The van der Waals surface area contributed by atoms with Crippen LogP contribution in [0.5, 0.6) is 5.88 Å². The molecule has 2 atom stereocenters. The van der Waals surface area contributed by atoms with Gasteiger partial charge in [-0.05, 0) is 32.4 Å². The van der Waals surface area contributed by atoms with Crippen LogP contribution < -0.4 is 4.74 Å². The average molecular weight is 334 g/mol. The highest BCUT2D eigenvalue weighted by Gasteiger charge is 2.45. The Labute approximate surface area is 143 Å². The van der Waals surface area contributed by atoms with E-state index in [1.54, 1.807) is 18.3 Å².